The molecular formula is C17H28N2O. The molecule has 3 N–H and O–H groups in total. The second-order valence-electron chi connectivity index (χ2n) is 5.73. The van der Waals surface area contributed by atoms with Gasteiger partial charge in [0.1, 0.15) is 0 Å². The molecule has 0 heterocycles. The zero-order valence-electron chi connectivity index (χ0n) is 13.0. The molecule has 0 aliphatic carbocycles. The van der Waals surface area contributed by atoms with Crippen LogP contribution in [0.15, 0.2) is 24.3 Å². The maximum absolute atomic E-state index is 12.1. The highest BCUT2D eigenvalue weighted by atomic mass is 16.1. The lowest BCUT2D eigenvalue weighted by atomic mass is 9.95. The highest BCUT2D eigenvalue weighted by Crippen LogP contribution is 2.16. The number of hydrogen-bond acceptors (Lipinski definition) is 2. The molecule has 0 bridgehead atoms. The molecule has 0 saturated heterocycles. The normalized spacial score (nSPS) is 12.4. The monoisotopic (exact) mass is 276 g/mol. The number of unbranched alkanes of at least 4 members (excludes halogenated alkanes) is 2. The van der Waals surface area contributed by atoms with Crippen molar-refractivity contribution in [3.63, 3.8) is 0 Å². The summed E-state index contributed by atoms with van der Waals surface area (Å²) in [5.41, 5.74) is 7.84. The van der Waals surface area contributed by atoms with Crippen LogP contribution in [0.25, 0.3) is 0 Å². The minimum Gasteiger partial charge on any atom is -0.330 e. The van der Waals surface area contributed by atoms with Gasteiger partial charge < -0.3 is 11.1 Å². The smallest absolute Gasteiger partial charge is 0.229 e. The summed E-state index contributed by atoms with van der Waals surface area (Å²) in [5, 5.41) is 2.95. The van der Waals surface area contributed by atoms with Gasteiger partial charge in [-0.2, -0.15) is 0 Å². The SMILES string of the molecule is CCCCCc1ccc(NC(=O)C(CN)C(C)C)cc1. The van der Waals surface area contributed by atoms with Crippen LogP contribution >= 0.6 is 0 Å². The quantitative estimate of drug-likeness (QED) is 0.713. The summed E-state index contributed by atoms with van der Waals surface area (Å²) in [6.45, 7) is 6.64. The molecule has 3 heteroatoms. The first kappa shape index (κ1) is 16.7. The minimum absolute atomic E-state index is 0.0150. The molecule has 0 radical (unpaired) electrons. The molecule has 1 amide bonds. The van der Waals surface area contributed by atoms with Gasteiger partial charge in [-0.25, -0.2) is 0 Å². The Kier molecular flexibility index (Phi) is 7.31. The van der Waals surface area contributed by atoms with Crippen molar-refractivity contribution in [2.75, 3.05) is 11.9 Å². The molecule has 20 heavy (non-hydrogen) atoms. The molecule has 1 aromatic rings. The maximum atomic E-state index is 12.1. The fraction of sp³-hybridized carbons (Fsp3) is 0.588. The number of carbonyl (C=O) groups is 1. The third-order valence-corrected chi connectivity index (χ3v) is 3.69. The standard InChI is InChI=1S/C17H28N2O/c1-4-5-6-7-14-8-10-15(11-9-14)19-17(20)16(12-18)13(2)3/h8-11,13,16H,4-7,12,18H2,1-3H3,(H,19,20). The van der Waals surface area contributed by atoms with E-state index in [9.17, 15) is 4.79 Å². The number of amides is 1. The fourth-order valence-electron chi connectivity index (χ4n) is 2.25. The average Bonchev–Trinajstić information content (AvgIpc) is 2.41. The number of anilines is 1. The maximum Gasteiger partial charge on any atom is 0.229 e. The van der Waals surface area contributed by atoms with E-state index in [1.807, 2.05) is 26.0 Å². The highest BCUT2D eigenvalue weighted by molar-refractivity contribution is 5.92. The van der Waals surface area contributed by atoms with Gasteiger partial charge in [0.15, 0.2) is 0 Å². The van der Waals surface area contributed by atoms with Gasteiger partial charge in [-0.15, -0.1) is 0 Å². The first-order chi connectivity index (χ1) is 9.58. The summed E-state index contributed by atoms with van der Waals surface area (Å²) in [6.07, 6.45) is 4.85. The van der Waals surface area contributed by atoms with E-state index in [1.54, 1.807) is 0 Å². The van der Waals surface area contributed by atoms with Crippen molar-refractivity contribution < 1.29 is 4.79 Å². The van der Waals surface area contributed by atoms with Crippen molar-refractivity contribution >= 4 is 11.6 Å². The molecule has 1 atom stereocenters. The Morgan fingerprint density at radius 2 is 1.85 bits per heavy atom. The van der Waals surface area contributed by atoms with Crippen molar-refractivity contribution in [3.8, 4) is 0 Å². The largest absolute Gasteiger partial charge is 0.330 e. The van der Waals surface area contributed by atoms with Crippen LogP contribution in [0.1, 0.15) is 45.6 Å². The molecule has 0 aliphatic rings. The summed E-state index contributed by atoms with van der Waals surface area (Å²) in [4.78, 5) is 12.1. The lowest BCUT2D eigenvalue weighted by Crippen LogP contribution is -2.33. The lowest BCUT2D eigenvalue weighted by Gasteiger charge is -2.18. The predicted octanol–water partition coefficient (Wildman–Crippen LogP) is 3.59. The average molecular weight is 276 g/mol. The number of aryl methyl sites for hydroxylation is 1. The summed E-state index contributed by atoms with van der Waals surface area (Å²) in [6, 6.07) is 8.15. The van der Waals surface area contributed by atoms with Gasteiger partial charge in [0.05, 0.1) is 5.92 Å². The molecule has 0 fully saturated rings. The Labute approximate surface area is 122 Å². The molecule has 1 rings (SSSR count). The van der Waals surface area contributed by atoms with Crippen LogP contribution in [-0.4, -0.2) is 12.5 Å². The van der Waals surface area contributed by atoms with Crippen LogP contribution in [0.4, 0.5) is 5.69 Å². The molecule has 0 saturated carbocycles. The topological polar surface area (TPSA) is 55.1 Å². The summed E-state index contributed by atoms with van der Waals surface area (Å²) in [5.74, 6) is 0.147. The molecular weight excluding hydrogens is 248 g/mol. The lowest BCUT2D eigenvalue weighted by molar-refractivity contribution is -0.120. The Bertz CT molecular complexity index is 398. The molecule has 0 spiro atoms. The van der Waals surface area contributed by atoms with Crippen LogP contribution in [0.3, 0.4) is 0 Å². The second kappa shape index (κ2) is 8.75. The van der Waals surface area contributed by atoms with Gasteiger partial charge in [0.2, 0.25) is 5.91 Å². The second-order valence-corrected chi connectivity index (χ2v) is 5.73. The molecule has 3 nitrogen and oxygen atoms in total. The van der Waals surface area contributed by atoms with E-state index in [4.69, 9.17) is 5.73 Å². The van der Waals surface area contributed by atoms with Crippen molar-refractivity contribution in [2.45, 2.75) is 46.5 Å². The summed E-state index contributed by atoms with van der Waals surface area (Å²) >= 11 is 0. The zero-order valence-corrected chi connectivity index (χ0v) is 13.0. The van der Waals surface area contributed by atoms with E-state index in [1.165, 1.54) is 24.8 Å². The third kappa shape index (κ3) is 5.33. The molecule has 0 aliphatic heterocycles. The van der Waals surface area contributed by atoms with Crippen molar-refractivity contribution in [1.82, 2.24) is 0 Å². The number of nitrogens with one attached hydrogen (secondary N) is 1. The van der Waals surface area contributed by atoms with Gasteiger partial charge in [0, 0.05) is 12.2 Å². The Morgan fingerprint density at radius 3 is 2.35 bits per heavy atom. The highest BCUT2D eigenvalue weighted by Gasteiger charge is 2.20. The summed E-state index contributed by atoms with van der Waals surface area (Å²) in [7, 11) is 0. The van der Waals surface area contributed by atoms with Crippen LogP contribution in [0.2, 0.25) is 0 Å². The Hall–Kier alpha value is -1.35. The van der Waals surface area contributed by atoms with Crippen molar-refractivity contribution in [3.05, 3.63) is 29.8 Å². The number of nitrogens with two attached hydrogens (primary N) is 1. The van der Waals surface area contributed by atoms with E-state index < -0.39 is 0 Å². The van der Waals surface area contributed by atoms with E-state index >= 15 is 0 Å². The van der Waals surface area contributed by atoms with E-state index in [0.29, 0.717) is 6.54 Å². The Morgan fingerprint density at radius 1 is 1.20 bits per heavy atom. The van der Waals surface area contributed by atoms with E-state index in [-0.39, 0.29) is 17.7 Å². The summed E-state index contributed by atoms with van der Waals surface area (Å²) < 4.78 is 0. The van der Waals surface area contributed by atoms with Gasteiger partial charge in [-0.3, -0.25) is 4.79 Å². The third-order valence-electron chi connectivity index (χ3n) is 3.69. The van der Waals surface area contributed by atoms with Gasteiger partial charge in [0.25, 0.3) is 0 Å². The van der Waals surface area contributed by atoms with Crippen molar-refractivity contribution in [1.29, 1.82) is 0 Å². The minimum atomic E-state index is -0.126. The first-order valence-electron chi connectivity index (χ1n) is 7.68. The van der Waals surface area contributed by atoms with Crippen LogP contribution in [0.5, 0.6) is 0 Å². The van der Waals surface area contributed by atoms with E-state index in [2.05, 4.69) is 24.4 Å². The van der Waals surface area contributed by atoms with E-state index in [0.717, 1.165) is 12.1 Å². The predicted molar refractivity (Wildman–Crippen MR) is 85.7 cm³/mol. The zero-order chi connectivity index (χ0) is 15.0. The Balaban J connectivity index is 2.54. The van der Waals surface area contributed by atoms with Gasteiger partial charge in [-0.1, -0.05) is 45.7 Å². The molecule has 1 aromatic carbocycles. The number of benzene rings is 1. The number of hydrogen-bond donors (Lipinski definition) is 2. The van der Waals surface area contributed by atoms with Crippen LogP contribution in [-0.2, 0) is 11.2 Å². The van der Waals surface area contributed by atoms with Gasteiger partial charge in [-0.05, 0) is 36.5 Å². The first-order valence-corrected chi connectivity index (χ1v) is 7.68. The fourth-order valence-corrected chi connectivity index (χ4v) is 2.25. The number of rotatable bonds is 8. The molecule has 1 unspecified atom stereocenters. The number of carbonyl (C=O) groups excluding carboxylic acids is 1. The van der Waals surface area contributed by atoms with Gasteiger partial charge >= 0.3 is 0 Å². The van der Waals surface area contributed by atoms with Crippen LogP contribution in [0, 0.1) is 11.8 Å². The molecule has 0 aromatic heterocycles. The van der Waals surface area contributed by atoms with Crippen molar-refractivity contribution in [2.24, 2.45) is 17.6 Å². The molecule has 112 valence electrons. The van der Waals surface area contributed by atoms with Crippen LogP contribution < -0.4 is 11.1 Å².